The fourth-order valence-corrected chi connectivity index (χ4v) is 8.93. The SMILES string of the molecule is CC(C)=C[C@H]1C[C@@H]([C@@H]2CC[C@]3(C)C4=CC[C@H]5C(C)(C)C(=O)CC[C@]5(C)C4=CC[C@@]23C)C(=O)O1. The van der Waals surface area contributed by atoms with Crippen LogP contribution in [0.1, 0.15) is 93.4 Å². The van der Waals surface area contributed by atoms with Crippen LogP contribution in [-0.4, -0.2) is 17.9 Å². The lowest BCUT2D eigenvalue weighted by Crippen LogP contribution is -2.53. The molecule has 1 heterocycles. The number of esters is 1. The molecule has 3 nitrogen and oxygen atoms in total. The maximum atomic E-state index is 13.0. The number of hydrogen-bond acceptors (Lipinski definition) is 3. The van der Waals surface area contributed by atoms with Gasteiger partial charge in [0.1, 0.15) is 11.9 Å². The molecule has 0 aromatic carbocycles. The maximum Gasteiger partial charge on any atom is 0.309 e. The van der Waals surface area contributed by atoms with Gasteiger partial charge in [0.2, 0.25) is 0 Å². The molecule has 2 saturated carbocycles. The molecule has 0 amide bonds. The molecule has 3 fully saturated rings. The Bertz CT molecular complexity index is 992. The first-order valence-electron chi connectivity index (χ1n) is 13.1. The first kappa shape index (κ1) is 23.1. The summed E-state index contributed by atoms with van der Waals surface area (Å²) in [7, 11) is 0. The fraction of sp³-hybridized carbons (Fsp3) is 0.733. The van der Waals surface area contributed by atoms with Crippen LogP contribution >= 0.6 is 0 Å². The summed E-state index contributed by atoms with van der Waals surface area (Å²) in [5, 5.41) is 0. The van der Waals surface area contributed by atoms with E-state index in [1.54, 1.807) is 0 Å². The van der Waals surface area contributed by atoms with Crippen LogP contribution in [0.4, 0.5) is 0 Å². The van der Waals surface area contributed by atoms with Gasteiger partial charge in [-0.1, -0.05) is 52.3 Å². The molecule has 1 aliphatic heterocycles. The quantitative estimate of drug-likeness (QED) is 0.337. The summed E-state index contributed by atoms with van der Waals surface area (Å²) in [6.45, 7) is 15.8. The fourth-order valence-electron chi connectivity index (χ4n) is 8.93. The molecule has 4 aliphatic carbocycles. The van der Waals surface area contributed by atoms with Gasteiger partial charge in [-0.3, -0.25) is 9.59 Å². The molecule has 0 aromatic rings. The van der Waals surface area contributed by atoms with E-state index in [-0.39, 0.29) is 39.7 Å². The van der Waals surface area contributed by atoms with E-state index >= 15 is 0 Å². The Kier molecular flexibility index (Phi) is 5.03. The van der Waals surface area contributed by atoms with E-state index in [9.17, 15) is 9.59 Å². The first-order chi connectivity index (χ1) is 15.3. The van der Waals surface area contributed by atoms with E-state index in [2.05, 4.69) is 66.7 Å². The lowest BCUT2D eigenvalue weighted by molar-refractivity contribution is -0.145. The summed E-state index contributed by atoms with van der Waals surface area (Å²) in [5.74, 6) is 1.19. The van der Waals surface area contributed by atoms with E-state index in [4.69, 9.17) is 4.74 Å². The molecule has 3 heteroatoms. The van der Waals surface area contributed by atoms with E-state index in [0.29, 0.717) is 24.0 Å². The third-order valence-electron chi connectivity index (χ3n) is 11.1. The largest absolute Gasteiger partial charge is 0.458 e. The van der Waals surface area contributed by atoms with Gasteiger partial charge in [0.25, 0.3) is 0 Å². The summed E-state index contributed by atoms with van der Waals surface area (Å²) in [6, 6.07) is 0. The van der Waals surface area contributed by atoms with Crippen LogP contribution in [0.2, 0.25) is 0 Å². The van der Waals surface area contributed by atoms with Crippen LogP contribution in [0, 0.1) is 39.4 Å². The van der Waals surface area contributed by atoms with Crippen molar-refractivity contribution in [2.24, 2.45) is 39.4 Å². The number of hydrogen-bond donors (Lipinski definition) is 0. The van der Waals surface area contributed by atoms with Crippen molar-refractivity contribution in [1.29, 1.82) is 0 Å². The normalized spacial score (nSPS) is 45.9. The number of carbonyl (C=O) groups is 2. The van der Waals surface area contributed by atoms with Crippen molar-refractivity contribution >= 4 is 11.8 Å². The van der Waals surface area contributed by atoms with Gasteiger partial charge in [-0.15, -0.1) is 0 Å². The van der Waals surface area contributed by atoms with Crippen LogP contribution in [0.5, 0.6) is 0 Å². The molecular formula is C30H42O3. The van der Waals surface area contributed by atoms with Gasteiger partial charge in [-0.2, -0.15) is 0 Å². The lowest BCUT2D eigenvalue weighted by atomic mass is 9.44. The first-order valence-corrected chi connectivity index (χ1v) is 13.1. The smallest absolute Gasteiger partial charge is 0.309 e. The molecule has 0 radical (unpaired) electrons. The number of ether oxygens (including phenoxy) is 1. The summed E-state index contributed by atoms with van der Waals surface area (Å²) in [6.07, 6.45) is 13.8. The van der Waals surface area contributed by atoms with Crippen molar-refractivity contribution in [3.8, 4) is 0 Å². The highest BCUT2D eigenvalue weighted by Gasteiger charge is 2.64. The highest BCUT2D eigenvalue weighted by molar-refractivity contribution is 5.86. The Morgan fingerprint density at radius 3 is 2.45 bits per heavy atom. The Labute approximate surface area is 200 Å². The molecule has 0 N–H and O–H groups in total. The Morgan fingerprint density at radius 2 is 1.76 bits per heavy atom. The number of ketones is 1. The summed E-state index contributed by atoms with van der Waals surface area (Å²) in [4.78, 5) is 25.8. The molecule has 1 saturated heterocycles. The number of carbonyl (C=O) groups excluding carboxylic acids is 2. The standard InChI is InChI=1S/C30H42O3/c1-18(2)16-19-17-20(26(32)33-19)21-10-14-30(7)23-8-9-24-27(3,4)25(31)12-13-28(24,5)22(23)11-15-29(21,30)6/h8,11,16,19-21,24H,9-10,12-15,17H2,1-7H3/t19-,20-,21-,24-,28+,29-,30+/m0/s1. The third kappa shape index (κ3) is 2.99. The van der Waals surface area contributed by atoms with Gasteiger partial charge in [0.15, 0.2) is 0 Å². The van der Waals surface area contributed by atoms with Gasteiger partial charge in [-0.25, -0.2) is 0 Å². The van der Waals surface area contributed by atoms with Crippen molar-refractivity contribution in [1.82, 2.24) is 0 Å². The van der Waals surface area contributed by atoms with Gasteiger partial charge in [0, 0.05) is 18.3 Å². The van der Waals surface area contributed by atoms with Gasteiger partial charge in [-0.05, 0) is 91.3 Å². The molecule has 0 bridgehead atoms. The number of cyclic esters (lactones) is 1. The van der Waals surface area contributed by atoms with Crippen LogP contribution in [0.15, 0.2) is 34.9 Å². The Morgan fingerprint density at radius 1 is 1.03 bits per heavy atom. The summed E-state index contributed by atoms with van der Waals surface area (Å²) in [5.41, 5.74) is 4.23. The highest BCUT2D eigenvalue weighted by Crippen LogP contribution is 2.71. The lowest BCUT2D eigenvalue weighted by Gasteiger charge is -2.59. The van der Waals surface area contributed by atoms with Crippen molar-refractivity contribution in [2.45, 2.75) is 99.5 Å². The Hall–Kier alpha value is -1.64. The van der Waals surface area contributed by atoms with Gasteiger partial charge in [0.05, 0.1) is 5.92 Å². The topological polar surface area (TPSA) is 43.4 Å². The molecule has 5 rings (SSSR count). The number of allylic oxidation sites excluding steroid dienone is 5. The second kappa shape index (κ2) is 7.18. The molecule has 7 atom stereocenters. The van der Waals surface area contributed by atoms with Crippen LogP contribution in [0.25, 0.3) is 0 Å². The number of fused-ring (bicyclic) bond motifs is 5. The molecule has 0 spiro atoms. The maximum absolute atomic E-state index is 13.0. The van der Waals surface area contributed by atoms with Crippen LogP contribution < -0.4 is 0 Å². The molecule has 33 heavy (non-hydrogen) atoms. The number of rotatable bonds is 2. The van der Waals surface area contributed by atoms with Crippen molar-refractivity contribution < 1.29 is 14.3 Å². The van der Waals surface area contributed by atoms with Crippen LogP contribution in [0.3, 0.4) is 0 Å². The zero-order valence-electron chi connectivity index (χ0n) is 21.7. The molecule has 5 aliphatic rings. The molecular weight excluding hydrogens is 408 g/mol. The van der Waals surface area contributed by atoms with E-state index in [1.165, 1.54) is 16.7 Å². The van der Waals surface area contributed by atoms with Gasteiger partial charge < -0.3 is 4.74 Å². The average molecular weight is 451 g/mol. The molecule has 180 valence electrons. The second-order valence-electron chi connectivity index (χ2n) is 13.2. The van der Waals surface area contributed by atoms with E-state index in [1.807, 2.05) is 0 Å². The monoisotopic (exact) mass is 450 g/mol. The van der Waals surface area contributed by atoms with E-state index in [0.717, 1.165) is 38.5 Å². The summed E-state index contributed by atoms with van der Waals surface area (Å²) < 4.78 is 5.80. The summed E-state index contributed by atoms with van der Waals surface area (Å²) >= 11 is 0. The Balaban J connectivity index is 1.50. The van der Waals surface area contributed by atoms with Crippen LogP contribution in [-0.2, 0) is 14.3 Å². The second-order valence-corrected chi connectivity index (χ2v) is 13.2. The average Bonchev–Trinajstić information content (AvgIpc) is 3.20. The van der Waals surface area contributed by atoms with Crippen molar-refractivity contribution in [3.63, 3.8) is 0 Å². The highest BCUT2D eigenvalue weighted by atomic mass is 16.5. The zero-order valence-corrected chi connectivity index (χ0v) is 21.7. The van der Waals surface area contributed by atoms with Gasteiger partial charge >= 0.3 is 5.97 Å². The number of Topliss-reactive ketones (excluding diaryl/α,β-unsaturated/α-hetero) is 1. The molecule has 0 aromatic heterocycles. The minimum absolute atomic E-state index is 0.00568. The molecule has 0 unspecified atom stereocenters. The van der Waals surface area contributed by atoms with Crippen molar-refractivity contribution in [3.05, 3.63) is 34.9 Å². The van der Waals surface area contributed by atoms with Crippen molar-refractivity contribution in [2.75, 3.05) is 0 Å². The third-order valence-corrected chi connectivity index (χ3v) is 11.1. The predicted octanol–water partition coefficient (Wildman–Crippen LogP) is 6.98. The van der Waals surface area contributed by atoms with E-state index < -0.39 is 0 Å². The minimum Gasteiger partial charge on any atom is -0.458 e. The zero-order chi connectivity index (χ0) is 24.0. The minimum atomic E-state index is -0.261. The predicted molar refractivity (Wildman–Crippen MR) is 131 cm³/mol.